The molecule has 0 saturated heterocycles. The molecule has 3 rings (SSSR count). The summed E-state index contributed by atoms with van der Waals surface area (Å²) < 4.78 is 28.8. The lowest BCUT2D eigenvalue weighted by Gasteiger charge is -2.32. The summed E-state index contributed by atoms with van der Waals surface area (Å²) in [5.41, 5.74) is 3.30. The Bertz CT molecular complexity index is 1370. The number of hydrogen-bond acceptors (Lipinski definition) is 4. The summed E-state index contributed by atoms with van der Waals surface area (Å²) in [5.74, 6) is -0.507. The topological polar surface area (TPSA) is 86.8 Å². The Balaban J connectivity index is 2.04. The second kappa shape index (κ2) is 12.9. The molecule has 0 heterocycles. The summed E-state index contributed by atoms with van der Waals surface area (Å²) in [5, 5.41) is 2.87. The molecule has 2 amide bonds. The Morgan fingerprint density at radius 3 is 1.97 bits per heavy atom. The quantitative estimate of drug-likeness (QED) is 0.354. The summed E-state index contributed by atoms with van der Waals surface area (Å²) in [6.07, 6.45) is 0. The molecule has 39 heavy (non-hydrogen) atoms. The van der Waals surface area contributed by atoms with Crippen LogP contribution in [0.3, 0.4) is 0 Å². The number of carbonyl (C=O) groups is 2. The van der Waals surface area contributed by atoms with Crippen LogP contribution in [0.5, 0.6) is 0 Å². The van der Waals surface area contributed by atoms with E-state index in [2.05, 4.69) is 19.2 Å². The van der Waals surface area contributed by atoms with E-state index in [-0.39, 0.29) is 29.3 Å². The molecule has 0 aliphatic carbocycles. The maximum atomic E-state index is 14.0. The zero-order chi connectivity index (χ0) is 28.7. The zero-order valence-electron chi connectivity index (χ0n) is 23.6. The summed E-state index contributed by atoms with van der Waals surface area (Å²) in [4.78, 5) is 28.5. The van der Waals surface area contributed by atoms with E-state index in [1.165, 1.54) is 17.0 Å². The van der Waals surface area contributed by atoms with Gasteiger partial charge in [0.1, 0.15) is 12.6 Å². The number of hydrogen-bond donors (Lipinski definition) is 1. The van der Waals surface area contributed by atoms with Crippen molar-refractivity contribution in [3.63, 3.8) is 0 Å². The van der Waals surface area contributed by atoms with Gasteiger partial charge in [-0.15, -0.1) is 0 Å². The maximum Gasteiger partial charge on any atom is 0.264 e. The van der Waals surface area contributed by atoms with Crippen molar-refractivity contribution in [3.05, 3.63) is 95.6 Å². The Labute approximate surface area is 232 Å². The van der Waals surface area contributed by atoms with E-state index in [9.17, 15) is 18.0 Å². The minimum Gasteiger partial charge on any atom is -0.352 e. The molecule has 0 aromatic heterocycles. The highest BCUT2D eigenvalue weighted by Crippen LogP contribution is 2.26. The second-order valence-electron chi connectivity index (χ2n) is 10.4. The average molecular weight is 550 g/mol. The van der Waals surface area contributed by atoms with Crippen molar-refractivity contribution < 1.29 is 18.0 Å². The van der Waals surface area contributed by atoms with Crippen LogP contribution in [0, 0.1) is 6.92 Å². The van der Waals surface area contributed by atoms with E-state index in [1.54, 1.807) is 37.3 Å². The Morgan fingerprint density at radius 2 is 1.41 bits per heavy atom. The molecule has 0 spiro atoms. The van der Waals surface area contributed by atoms with Crippen LogP contribution < -0.4 is 9.62 Å². The van der Waals surface area contributed by atoms with Crippen molar-refractivity contribution in [2.75, 3.05) is 10.8 Å². The first kappa shape index (κ1) is 29.9. The lowest BCUT2D eigenvalue weighted by Crippen LogP contribution is -2.52. The second-order valence-corrected chi connectivity index (χ2v) is 12.2. The van der Waals surface area contributed by atoms with E-state index in [0.29, 0.717) is 5.69 Å². The number of anilines is 1. The fourth-order valence-corrected chi connectivity index (χ4v) is 5.67. The SMILES string of the molecule is Cc1ccccc1CN(C(=O)CN(c1ccc(C(C)C)cc1)S(=O)(=O)c1ccccc1)C(C)C(=O)NC(C)C. The fourth-order valence-electron chi connectivity index (χ4n) is 4.23. The van der Waals surface area contributed by atoms with Crippen molar-refractivity contribution in [1.29, 1.82) is 0 Å². The molecule has 7 nitrogen and oxygen atoms in total. The molecule has 1 N–H and O–H groups in total. The maximum absolute atomic E-state index is 14.0. The fraction of sp³-hybridized carbons (Fsp3) is 0.355. The molecule has 8 heteroatoms. The molecule has 0 bridgehead atoms. The smallest absolute Gasteiger partial charge is 0.264 e. The van der Waals surface area contributed by atoms with Crippen molar-refractivity contribution in [3.8, 4) is 0 Å². The lowest BCUT2D eigenvalue weighted by atomic mass is 10.0. The number of sulfonamides is 1. The van der Waals surface area contributed by atoms with Crippen molar-refractivity contribution in [2.45, 2.75) is 71.0 Å². The Kier molecular flexibility index (Phi) is 9.92. The van der Waals surface area contributed by atoms with E-state index in [4.69, 9.17) is 0 Å². The molecule has 3 aromatic rings. The monoisotopic (exact) mass is 549 g/mol. The van der Waals surface area contributed by atoms with Crippen LogP contribution in [0.2, 0.25) is 0 Å². The summed E-state index contributed by atoms with van der Waals surface area (Å²) in [6, 6.07) is 22.0. The third-order valence-corrected chi connectivity index (χ3v) is 8.45. The molecule has 3 aromatic carbocycles. The van der Waals surface area contributed by atoms with Crippen molar-refractivity contribution >= 4 is 27.5 Å². The number of amides is 2. The first-order chi connectivity index (χ1) is 18.4. The van der Waals surface area contributed by atoms with Crippen molar-refractivity contribution in [2.24, 2.45) is 0 Å². The largest absolute Gasteiger partial charge is 0.352 e. The van der Waals surface area contributed by atoms with Crippen LogP contribution >= 0.6 is 0 Å². The van der Waals surface area contributed by atoms with Gasteiger partial charge < -0.3 is 10.2 Å². The first-order valence-electron chi connectivity index (χ1n) is 13.2. The third-order valence-electron chi connectivity index (χ3n) is 6.66. The van der Waals surface area contributed by atoms with Gasteiger partial charge in [-0.2, -0.15) is 0 Å². The number of benzene rings is 3. The van der Waals surface area contributed by atoms with Crippen LogP contribution in [0.4, 0.5) is 5.69 Å². The van der Waals surface area contributed by atoms with Gasteiger partial charge in [-0.3, -0.25) is 13.9 Å². The van der Waals surface area contributed by atoms with E-state index in [1.807, 2.05) is 57.2 Å². The van der Waals surface area contributed by atoms with Crippen LogP contribution in [0.25, 0.3) is 0 Å². The third kappa shape index (κ3) is 7.47. The van der Waals surface area contributed by atoms with Crippen LogP contribution in [0.1, 0.15) is 57.2 Å². The molecule has 1 unspecified atom stereocenters. The lowest BCUT2D eigenvalue weighted by molar-refractivity contribution is -0.139. The number of aryl methyl sites for hydroxylation is 1. The Hall–Kier alpha value is -3.65. The standard InChI is InChI=1S/C31H39N3O4S/c1-22(2)26-16-18-28(19-17-26)34(39(37,38)29-14-8-7-9-15-29)21-30(35)33(25(6)31(36)32-23(3)4)20-27-13-11-10-12-24(27)5/h7-19,22-23,25H,20-21H2,1-6H3,(H,32,36). The molecular formula is C31H39N3O4S. The van der Waals surface area contributed by atoms with Crippen LogP contribution in [0.15, 0.2) is 83.8 Å². The van der Waals surface area contributed by atoms with Gasteiger partial charge in [0.25, 0.3) is 10.0 Å². The minimum absolute atomic E-state index is 0.0850. The number of rotatable bonds is 11. The normalized spacial score (nSPS) is 12.3. The van der Waals surface area contributed by atoms with Gasteiger partial charge >= 0.3 is 0 Å². The molecule has 0 saturated carbocycles. The van der Waals surface area contributed by atoms with Crippen molar-refractivity contribution in [1.82, 2.24) is 10.2 Å². The number of carbonyl (C=O) groups excluding carboxylic acids is 2. The highest BCUT2D eigenvalue weighted by Gasteiger charge is 2.32. The Morgan fingerprint density at radius 1 is 0.821 bits per heavy atom. The number of nitrogens with zero attached hydrogens (tertiary/aromatic N) is 2. The van der Waals surface area contributed by atoms with Gasteiger partial charge in [-0.25, -0.2) is 8.42 Å². The number of nitrogens with one attached hydrogen (secondary N) is 1. The summed E-state index contributed by atoms with van der Waals surface area (Å²) >= 11 is 0. The molecule has 0 aliphatic heterocycles. The molecule has 0 fully saturated rings. The van der Waals surface area contributed by atoms with E-state index < -0.39 is 28.5 Å². The van der Waals surface area contributed by atoms with Gasteiger partial charge in [0, 0.05) is 12.6 Å². The average Bonchev–Trinajstić information content (AvgIpc) is 2.90. The highest BCUT2D eigenvalue weighted by molar-refractivity contribution is 7.92. The molecule has 0 radical (unpaired) electrons. The summed E-state index contributed by atoms with van der Waals surface area (Å²) in [6.45, 7) is 11.2. The van der Waals surface area contributed by atoms with Gasteiger partial charge in [-0.1, -0.05) is 68.4 Å². The van der Waals surface area contributed by atoms with Gasteiger partial charge in [0.05, 0.1) is 10.6 Å². The van der Waals surface area contributed by atoms with Crippen LogP contribution in [-0.2, 0) is 26.2 Å². The molecular weight excluding hydrogens is 510 g/mol. The molecule has 208 valence electrons. The molecule has 1 atom stereocenters. The van der Waals surface area contributed by atoms with Gasteiger partial charge in [0.2, 0.25) is 11.8 Å². The van der Waals surface area contributed by atoms with Gasteiger partial charge in [0.15, 0.2) is 0 Å². The van der Waals surface area contributed by atoms with Gasteiger partial charge in [-0.05, 0) is 74.6 Å². The molecule has 0 aliphatic rings. The van der Waals surface area contributed by atoms with E-state index in [0.717, 1.165) is 21.0 Å². The zero-order valence-corrected chi connectivity index (χ0v) is 24.4. The summed E-state index contributed by atoms with van der Waals surface area (Å²) in [7, 11) is -4.08. The van der Waals surface area contributed by atoms with E-state index >= 15 is 0 Å². The predicted molar refractivity (Wildman–Crippen MR) is 156 cm³/mol. The predicted octanol–water partition coefficient (Wildman–Crippen LogP) is 5.26. The minimum atomic E-state index is -4.08. The first-order valence-corrected chi connectivity index (χ1v) is 14.7. The highest BCUT2D eigenvalue weighted by atomic mass is 32.2. The van der Waals surface area contributed by atoms with Crippen LogP contribution in [-0.4, -0.2) is 43.8 Å².